The number of hydrogen-bond acceptors (Lipinski definition) is 7. The summed E-state index contributed by atoms with van der Waals surface area (Å²) in [4.78, 5) is 24.9. The fourth-order valence-electron chi connectivity index (χ4n) is 3.49. The predicted molar refractivity (Wildman–Crippen MR) is 141 cm³/mol. The van der Waals surface area contributed by atoms with E-state index in [0.717, 1.165) is 10.8 Å². The van der Waals surface area contributed by atoms with Crippen LogP contribution in [0, 0.1) is 0 Å². The number of hydrazone groups is 1. The molecule has 4 aromatic rings. The van der Waals surface area contributed by atoms with Gasteiger partial charge in [-0.2, -0.15) is 5.10 Å². The van der Waals surface area contributed by atoms with E-state index in [4.69, 9.17) is 18.9 Å². The highest BCUT2D eigenvalue weighted by Crippen LogP contribution is 2.28. The molecule has 4 rings (SSSR count). The van der Waals surface area contributed by atoms with E-state index in [1.54, 1.807) is 56.5 Å². The van der Waals surface area contributed by atoms with Gasteiger partial charge in [0, 0.05) is 0 Å². The van der Waals surface area contributed by atoms with Crippen LogP contribution in [-0.2, 0) is 4.79 Å². The molecule has 0 saturated heterocycles. The van der Waals surface area contributed by atoms with Gasteiger partial charge < -0.3 is 18.9 Å². The molecule has 1 atom stereocenters. The second-order valence-electron chi connectivity index (χ2n) is 8.03. The zero-order chi connectivity index (χ0) is 26.2. The van der Waals surface area contributed by atoms with Crippen molar-refractivity contribution in [1.29, 1.82) is 0 Å². The van der Waals surface area contributed by atoms with Gasteiger partial charge in [-0.1, -0.05) is 30.3 Å². The Kier molecular flexibility index (Phi) is 8.00. The van der Waals surface area contributed by atoms with Crippen molar-refractivity contribution in [3.05, 3.63) is 96.1 Å². The number of benzene rings is 4. The lowest BCUT2D eigenvalue weighted by molar-refractivity contribution is -0.127. The van der Waals surface area contributed by atoms with Crippen LogP contribution in [-0.4, -0.2) is 38.4 Å². The summed E-state index contributed by atoms with van der Waals surface area (Å²) in [6.45, 7) is 1.65. The number of nitrogens with zero attached hydrogens (tertiary/aromatic N) is 1. The molecular formula is C29H26N2O6. The second-order valence-corrected chi connectivity index (χ2v) is 8.03. The van der Waals surface area contributed by atoms with Crippen molar-refractivity contribution in [2.45, 2.75) is 13.0 Å². The van der Waals surface area contributed by atoms with Gasteiger partial charge >= 0.3 is 5.97 Å². The molecule has 8 heteroatoms. The molecular weight excluding hydrogens is 472 g/mol. The third kappa shape index (κ3) is 6.43. The molecule has 1 amide bonds. The van der Waals surface area contributed by atoms with Crippen LogP contribution in [0.5, 0.6) is 23.0 Å². The Hall–Kier alpha value is -4.85. The molecule has 0 aliphatic heterocycles. The lowest BCUT2D eigenvalue weighted by atomic mass is 10.1. The Morgan fingerprint density at radius 2 is 1.54 bits per heavy atom. The van der Waals surface area contributed by atoms with Crippen LogP contribution in [0.4, 0.5) is 0 Å². The van der Waals surface area contributed by atoms with Gasteiger partial charge in [-0.05, 0) is 77.9 Å². The first kappa shape index (κ1) is 25.2. The first-order chi connectivity index (χ1) is 18.0. The molecule has 0 bridgehead atoms. The number of rotatable bonds is 9. The van der Waals surface area contributed by atoms with Crippen LogP contribution < -0.4 is 24.4 Å². The number of ether oxygens (including phenoxy) is 4. The van der Waals surface area contributed by atoms with Gasteiger partial charge in [0.25, 0.3) is 5.91 Å². The maximum atomic E-state index is 12.5. The minimum atomic E-state index is -0.757. The summed E-state index contributed by atoms with van der Waals surface area (Å²) < 4.78 is 21.7. The molecule has 0 fully saturated rings. The summed E-state index contributed by atoms with van der Waals surface area (Å²) in [6, 6.07) is 25.1. The molecule has 8 nitrogen and oxygen atoms in total. The first-order valence-electron chi connectivity index (χ1n) is 11.5. The lowest BCUT2D eigenvalue weighted by Gasteiger charge is -2.13. The number of carbonyl (C=O) groups excluding carboxylic acids is 2. The van der Waals surface area contributed by atoms with Crippen LogP contribution in [0.1, 0.15) is 22.8 Å². The number of esters is 1. The second kappa shape index (κ2) is 11.7. The molecule has 1 unspecified atom stereocenters. The molecule has 0 radical (unpaired) electrons. The van der Waals surface area contributed by atoms with Crippen LogP contribution >= 0.6 is 0 Å². The van der Waals surface area contributed by atoms with Crippen LogP contribution in [0.15, 0.2) is 90.0 Å². The standard InChI is InChI=1S/C29H26N2O6/c1-19(36-25-14-9-21-6-4-5-7-23(21)17-25)28(32)31-30-18-20-8-15-26(27(16-20)35-3)37-29(33)22-10-12-24(34-2)13-11-22/h4-19H,1-3H3,(H,31,32). The topological polar surface area (TPSA) is 95.5 Å². The van der Waals surface area contributed by atoms with Gasteiger partial charge in [0.2, 0.25) is 0 Å². The van der Waals surface area contributed by atoms with E-state index in [2.05, 4.69) is 10.5 Å². The average Bonchev–Trinajstić information content (AvgIpc) is 2.93. The van der Waals surface area contributed by atoms with Crippen molar-refractivity contribution in [2.24, 2.45) is 5.10 Å². The smallest absolute Gasteiger partial charge is 0.343 e. The summed E-state index contributed by atoms with van der Waals surface area (Å²) in [5, 5.41) is 6.12. The van der Waals surface area contributed by atoms with E-state index >= 15 is 0 Å². The van der Waals surface area contributed by atoms with Crippen molar-refractivity contribution in [3.63, 3.8) is 0 Å². The van der Waals surface area contributed by atoms with Gasteiger partial charge in [-0.25, -0.2) is 10.2 Å². The van der Waals surface area contributed by atoms with Crippen molar-refractivity contribution in [1.82, 2.24) is 5.43 Å². The van der Waals surface area contributed by atoms with Gasteiger partial charge in [0.05, 0.1) is 26.0 Å². The van der Waals surface area contributed by atoms with E-state index in [-0.39, 0.29) is 5.75 Å². The quantitative estimate of drug-likeness (QED) is 0.151. The molecule has 1 N–H and O–H groups in total. The molecule has 0 heterocycles. The van der Waals surface area contributed by atoms with Crippen molar-refractivity contribution >= 4 is 28.9 Å². The highest BCUT2D eigenvalue weighted by molar-refractivity contribution is 5.92. The van der Waals surface area contributed by atoms with E-state index in [0.29, 0.717) is 28.4 Å². The van der Waals surface area contributed by atoms with E-state index < -0.39 is 18.0 Å². The average molecular weight is 499 g/mol. The van der Waals surface area contributed by atoms with Crippen LogP contribution in [0.25, 0.3) is 10.8 Å². The number of amides is 1. The first-order valence-corrected chi connectivity index (χ1v) is 11.5. The Bertz CT molecular complexity index is 1430. The van der Waals surface area contributed by atoms with E-state index in [9.17, 15) is 9.59 Å². The number of nitrogens with one attached hydrogen (secondary N) is 1. The summed E-state index contributed by atoms with van der Waals surface area (Å²) in [5.74, 6) is 0.887. The fourth-order valence-corrected chi connectivity index (χ4v) is 3.49. The minimum absolute atomic E-state index is 0.252. The number of methoxy groups -OCH3 is 2. The van der Waals surface area contributed by atoms with Gasteiger partial charge in [0.15, 0.2) is 17.6 Å². The Morgan fingerprint density at radius 1 is 0.811 bits per heavy atom. The van der Waals surface area contributed by atoms with Gasteiger partial charge in [0.1, 0.15) is 11.5 Å². The molecule has 0 aliphatic rings. The SMILES string of the molecule is COc1ccc(C(=O)Oc2ccc(C=NNC(=O)C(C)Oc3ccc4ccccc4c3)cc2OC)cc1. The Morgan fingerprint density at radius 3 is 2.27 bits per heavy atom. The summed E-state index contributed by atoms with van der Waals surface area (Å²) >= 11 is 0. The number of carbonyl (C=O) groups is 2. The lowest BCUT2D eigenvalue weighted by Crippen LogP contribution is -2.33. The van der Waals surface area contributed by atoms with Crippen molar-refractivity contribution in [3.8, 4) is 23.0 Å². The molecule has 0 spiro atoms. The molecule has 37 heavy (non-hydrogen) atoms. The maximum Gasteiger partial charge on any atom is 0.343 e. The Balaban J connectivity index is 1.34. The Labute approximate surface area is 214 Å². The van der Waals surface area contributed by atoms with Crippen molar-refractivity contribution in [2.75, 3.05) is 14.2 Å². The van der Waals surface area contributed by atoms with Crippen LogP contribution in [0.3, 0.4) is 0 Å². The summed E-state index contributed by atoms with van der Waals surface area (Å²) in [7, 11) is 3.02. The zero-order valence-corrected chi connectivity index (χ0v) is 20.6. The van der Waals surface area contributed by atoms with Crippen molar-refractivity contribution < 1.29 is 28.5 Å². The number of hydrogen-bond donors (Lipinski definition) is 1. The van der Waals surface area contributed by atoms with Crippen LogP contribution in [0.2, 0.25) is 0 Å². The third-order valence-electron chi connectivity index (χ3n) is 5.51. The highest BCUT2D eigenvalue weighted by Gasteiger charge is 2.15. The fraction of sp³-hybridized carbons (Fsp3) is 0.138. The summed E-state index contributed by atoms with van der Waals surface area (Å²) in [5.41, 5.74) is 3.47. The monoisotopic (exact) mass is 498 g/mol. The molecule has 188 valence electrons. The zero-order valence-electron chi connectivity index (χ0n) is 20.6. The predicted octanol–water partition coefficient (Wildman–Crippen LogP) is 4.99. The maximum absolute atomic E-state index is 12.5. The minimum Gasteiger partial charge on any atom is -0.497 e. The van der Waals surface area contributed by atoms with E-state index in [1.165, 1.54) is 13.3 Å². The largest absolute Gasteiger partial charge is 0.497 e. The van der Waals surface area contributed by atoms with Gasteiger partial charge in [-0.15, -0.1) is 0 Å². The molecule has 0 aliphatic carbocycles. The molecule has 0 aromatic heterocycles. The normalized spacial score (nSPS) is 11.6. The number of fused-ring (bicyclic) bond motifs is 1. The van der Waals surface area contributed by atoms with E-state index in [1.807, 2.05) is 42.5 Å². The molecule has 4 aromatic carbocycles. The third-order valence-corrected chi connectivity index (χ3v) is 5.51. The highest BCUT2D eigenvalue weighted by atomic mass is 16.6. The summed E-state index contributed by atoms with van der Waals surface area (Å²) in [6.07, 6.45) is 0.700. The molecule has 0 saturated carbocycles. The van der Waals surface area contributed by atoms with Gasteiger partial charge in [-0.3, -0.25) is 4.79 Å².